The Morgan fingerprint density at radius 1 is 1.19 bits per heavy atom. The fourth-order valence-electron chi connectivity index (χ4n) is 2.73. The van der Waals surface area contributed by atoms with Crippen LogP contribution >= 0.6 is 0 Å². The summed E-state index contributed by atoms with van der Waals surface area (Å²) in [6.07, 6.45) is 1.40. The number of hydrogen-bond acceptors (Lipinski definition) is 3. The van der Waals surface area contributed by atoms with Crippen LogP contribution in [0.4, 0.5) is 10.1 Å². The van der Waals surface area contributed by atoms with Gasteiger partial charge in [0.15, 0.2) is 0 Å². The van der Waals surface area contributed by atoms with Gasteiger partial charge in [-0.2, -0.15) is 0 Å². The second kappa shape index (κ2) is 8.31. The quantitative estimate of drug-likeness (QED) is 0.805. The van der Waals surface area contributed by atoms with Gasteiger partial charge in [0, 0.05) is 6.54 Å². The summed E-state index contributed by atoms with van der Waals surface area (Å²) in [6, 6.07) is 11.9. The standard InChI is InChI=1S/C19H23FN2O3S/c1-4-18(19(23)21-13-15-8-10-16(20)11-9-15)22(26(3,24)25)17-7-5-6-14(2)12-17/h5-12,18H,4,13H2,1-3H3,(H,21,23)/t18-/m0/s1. The van der Waals surface area contributed by atoms with Crippen LogP contribution in [-0.2, 0) is 21.4 Å². The molecule has 1 N–H and O–H groups in total. The normalized spacial score (nSPS) is 12.5. The number of aryl methyl sites for hydroxylation is 1. The van der Waals surface area contributed by atoms with E-state index in [0.29, 0.717) is 12.1 Å². The topological polar surface area (TPSA) is 66.5 Å². The highest BCUT2D eigenvalue weighted by atomic mass is 32.2. The Morgan fingerprint density at radius 2 is 1.85 bits per heavy atom. The van der Waals surface area contributed by atoms with Crippen LogP contribution in [0, 0.1) is 12.7 Å². The van der Waals surface area contributed by atoms with Gasteiger partial charge in [0.25, 0.3) is 0 Å². The first-order valence-electron chi connectivity index (χ1n) is 8.30. The number of sulfonamides is 1. The number of halogens is 1. The van der Waals surface area contributed by atoms with E-state index in [9.17, 15) is 17.6 Å². The van der Waals surface area contributed by atoms with Crippen LogP contribution in [0.2, 0.25) is 0 Å². The predicted octanol–water partition coefficient (Wildman–Crippen LogP) is 3.00. The van der Waals surface area contributed by atoms with Gasteiger partial charge in [-0.3, -0.25) is 9.10 Å². The van der Waals surface area contributed by atoms with E-state index in [4.69, 9.17) is 0 Å². The second-order valence-electron chi connectivity index (χ2n) is 6.17. The molecule has 140 valence electrons. The SMILES string of the molecule is CC[C@@H](C(=O)NCc1ccc(F)cc1)N(c1cccc(C)c1)S(C)(=O)=O. The van der Waals surface area contributed by atoms with Gasteiger partial charge in [-0.1, -0.05) is 31.2 Å². The summed E-state index contributed by atoms with van der Waals surface area (Å²) in [5, 5.41) is 2.74. The number of nitrogens with zero attached hydrogens (tertiary/aromatic N) is 1. The third kappa shape index (κ3) is 5.05. The number of rotatable bonds is 7. The minimum atomic E-state index is -3.66. The highest BCUT2D eigenvalue weighted by Crippen LogP contribution is 2.23. The van der Waals surface area contributed by atoms with Crippen molar-refractivity contribution in [3.8, 4) is 0 Å². The Balaban J connectivity index is 2.23. The van der Waals surface area contributed by atoms with Gasteiger partial charge in [-0.15, -0.1) is 0 Å². The van der Waals surface area contributed by atoms with Crippen molar-refractivity contribution in [2.24, 2.45) is 0 Å². The molecule has 2 aromatic rings. The maximum Gasteiger partial charge on any atom is 0.244 e. The molecule has 0 saturated carbocycles. The smallest absolute Gasteiger partial charge is 0.244 e. The van der Waals surface area contributed by atoms with Crippen molar-refractivity contribution in [2.45, 2.75) is 32.9 Å². The van der Waals surface area contributed by atoms with E-state index in [2.05, 4.69) is 5.32 Å². The minimum Gasteiger partial charge on any atom is -0.350 e. The van der Waals surface area contributed by atoms with E-state index in [1.165, 1.54) is 12.1 Å². The number of nitrogens with one attached hydrogen (secondary N) is 1. The Bertz CT molecular complexity index is 867. The van der Waals surface area contributed by atoms with Gasteiger partial charge in [-0.25, -0.2) is 12.8 Å². The highest BCUT2D eigenvalue weighted by molar-refractivity contribution is 7.92. The molecule has 0 aromatic heterocycles. The van der Waals surface area contributed by atoms with Gasteiger partial charge in [0.2, 0.25) is 15.9 Å². The lowest BCUT2D eigenvalue weighted by Crippen LogP contribution is -2.49. The molecule has 0 aliphatic heterocycles. The molecular weight excluding hydrogens is 355 g/mol. The fraction of sp³-hybridized carbons (Fsp3) is 0.316. The number of anilines is 1. The maximum absolute atomic E-state index is 13.0. The number of hydrogen-bond donors (Lipinski definition) is 1. The van der Waals surface area contributed by atoms with E-state index in [1.807, 2.05) is 13.0 Å². The van der Waals surface area contributed by atoms with Crippen molar-refractivity contribution >= 4 is 21.6 Å². The van der Waals surface area contributed by atoms with Gasteiger partial charge in [0.1, 0.15) is 11.9 Å². The molecule has 2 rings (SSSR count). The molecular formula is C19H23FN2O3S. The molecule has 0 radical (unpaired) electrons. The second-order valence-corrected chi connectivity index (χ2v) is 8.03. The van der Waals surface area contributed by atoms with Crippen LogP contribution in [0.15, 0.2) is 48.5 Å². The molecule has 7 heteroatoms. The summed E-state index contributed by atoms with van der Waals surface area (Å²) in [6.45, 7) is 3.82. The molecule has 26 heavy (non-hydrogen) atoms. The van der Waals surface area contributed by atoms with Crippen molar-refractivity contribution in [1.82, 2.24) is 5.32 Å². The van der Waals surface area contributed by atoms with Crippen molar-refractivity contribution < 1.29 is 17.6 Å². The number of carbonyl (C=O) groups excluding carboxylic acids is 1. The van der Waals surface area contributed by atoms with E-state index in [-0.39, 0.29) is 12.4 Å². The zero-order valence-corrected chi connectivity index (χ0v) is 15.9. The lowest BCUT2D eigenvalue weighted by molar-refractivity contribution is -0.122. The number of carbonyl (C=O) groups is 1. The summed E-state index contributed by atoms with van der Waals surface area (Å²) >= 11 is 0. The van der Waals surface area contributed by atoms with Crippen molar-refractivity contribution in [3.05, 3.63) is 65.5 Å². The molecule has 0 spiro atoms. The van der Waals surface area contributed by atoms with Crippen molar-refractivity contribution in [1.29, 1.82) is 0 Å². The first kappa shape index (κ1) is 19.9. The summed E-state index contributed by atoms with van der Waals surface area (Å²) in [5.74, 6) is -0.752. The van der Waals surface area contributed by atoms with Gasteiger partial charge >= 0.3 is 0 Å². The van der Waals surface area contributed by atoms with E-state index in [0.717, 1.165) is 21.7 Å². The largest absolute Gasteiger partial charge is 0.350 e. The average molecular weight is 378 g/mol. The molecule has 0 fully saturated rings. The molecule has 5 nitrogen and oxygen atoms in total. The molecule has 0 aliphatic carbocycles. The summed E-state index contributed by atoms with van der Waals surface area (Å²) in [4.78, 5) is 12.7. The Labute approximate surface area is 153 Å². The van der Waals surface area contributed by atoms with Crippen LogP contribution in [0.1, 0.15) is 24.5 Å². The van der Waals surface area contributed by atoms with Gasteiger partial charge < -0.3 is 5.32 Å². The van der Waals surface area contributed by atoms with Crippen LogP contribution in [0.5, 0.6) is 0 Å². The molecule has 0 unspecified atom stereocenters. The van der Waals surface area contributed by atoms with Crippen molar-refractivity contribution in [2.75, 3.05) is 10.6 Å². The van der Waals surface area contributed by atoms with Crippen LogP contribution in [-0.4, -0.2) is 26.6 Å². The zero-order chi connectivity index (χ0) is 19.3. The number of benzene rings is 2. The molecule has 0 aliphatic rings. The minimum absolute atomic E-state index is 0.195. The summed E-state index contributed by atoms with van der Waals surface area (Å²) in [7, 11) is -3.66. The highest BCUT2D eigenvalue weighted by Gasteiger charge is 2.31. The Hall–Kier alpha value is -2.41. The predicted molar refractivity (Wildman–Crippen MR) is 101 cm³/mol. The fourth-order valence-corrected chi connectivity index (χ4v) is 3.94. The maximum atomic E-state index is 13.0. The molecule has 0 saturated heterocycles. The summed E-state index contributed by atoms with van der Waals surface area (Å²) in [5.41, 5.74) is 2.09. The van der Waals surface area contributed by atoms with Gasteiger partial charge in [-0.05, 0) is 48.7 Å². The van der Waals surface area contributed by atoms with E-state index in [1.54, 1.807) is 37.3 Å². The van der Waals surface area contributed by atoms with Crippen molar-refractivity contribution in [3.63, 3.8) is 0 Å². The lowest BCUT2D eigenvalue weighted by Gasteiger charge is -2.30. The van der Waals surface area contributed by atoms with E-state index >= 15 is 0 Å². The van der Waals surface area contributed by atoms with Crippen LogP contribution in [0.3, 0.4) is 0 Å². The lowest BCUT2D eigenvalue weighted by atomic mass is 10.1. The number of amides is 1. The first-order valence-corrected chi connectivity index (χ1v) is 10.2. The van der Waals surface area contributed by atoms with E-state index < -0.39 is 22.0 Å². The molecule has 2 aromatic carbocycles. The molecule has 0 bridgehead atoms. The average Bonchev–Trinajstić information content (AvgIpc) is 2.57. The third-order valence-corrected chi connectivity index (χ3v) is 5.15. The molecule has 1 atom stereocenters. The van der Waals surface area contributed by atoms with Crippen LogP contribution < -0.4 is 9.62 Å². The van der Waals surface area contributed by atoms with Gasteiger partial charge in [0.05, 0.1) is 11.9 Å². The monoisotopic (exact) mass is 378 g/mol. The third-order valence-electron chi connectivity index (χ3n) is 3.97. The first-order chi connectivity index (χ1) is 12.2. The summed E-state index contributed by atoms with van der Waals surface area (Å²) < 4.78 is 38.8. The molecule has 0 heterocycles. The Morgan fingerprint density at radius 3 is 2.38 bits per heavy atom. The Kier molecular flexibility index (Phi) is 6.37. The zero-order valence-electron chi connectivity index (χ0n) is 15.1. The van der Waals surface area contributed by atoms with Crippen LogP contribution in [0.25, 0.3) is 0 Å². The molecule has 1 amide bonds.